The van der Waals surface area contributed by atoms with Crippen molar-refractivity contribution in [3.8, 4) is 6.07 Å². The van der Waals surface area contributed by atoms with Gasteiger partial charge < -0.3 is 10.1 Å². The molecule has 0 aromatic carbocycles. The number of allylic oxidation sites excluding steroid dienone is 1. The second kappa shape index (κ2) is 6.88. The number of carbonyl (C=O) groups is 2. The molecular weight excluding hydrogens is 348 g/mol. The number of rotatable bonds is 6. The largest absolute Gasteiger partial charge is 0.449 e. The van der Waals surface area contributed by atoms with Gasteiger partial charge in [0.25, 0.3) is 5.91 Å². The van der Waals surface area contributed by atoms with Crippen LogP contribution in [-0.2, 0) is 27.2 Å². The molecule has 0 saturated heterocycles. The van der Waals surface area contributed by atoms with Crippen LogP contribution >= 0.6 is 11.3 Å². The highest BCUT2D eigenvalue weighted by atomic mass is 32.1. The van der Waals surface area contributed by atoms with Gasteiger partial charge in [0.2, 0.25) is 0 Å². The molecule has 0 radical (unpaired) electrons. The fraction of sp³-hybridized carbons (Fsp3) is 0.550. The molecule has 1 aromatic heterocycles. The number of hydrogen-bond donors (Lipinski definition) is 1. The molecule has 1 amide bonds. The number of nitrogens with zero attached hydrogens (tertiary/aromatic N) is 1. The van der Waals surface area contributed by atoms with E-state index in [-0.39, 0.29) is 5.91 Å². The molecule has 0 aliphatic heterocycles. The van der Waals surface area contributed by atoms with Crippen LogP contribution in [0.1, 0.15) is 55.0 Å². The smallest absolute Gasteiger partial charge is 0.331 e. The Hall–Kier alpha value is -2.13. The predicted molar refractivity (Wildman–Crippen MR) is 98.8 cm³/mol. The van der Waals surface area contributed by atoms with Crippen molar-refractivity contribution in [2.24, 2.45) is 11.8 Å². The van der Waals surface area contributed by atoms with Crippen LogP contribution in [-0.4, -0.2) is 18.0 Å². The van der Waals surface area contributed by atoms with Gasteiger partial charge in [0.1, 0.15) is 11.1 Å². The minimum Gasteiger partial charge on any atom is -0.449 e. The molecule has 136 valence electrons. The van der Waals surface area contributed by atoms with Crippen molar-refractivity contribution in [2.45, 2.75) is 58.0 Å². The van der Waals surface area contributed by atoms with Crippen LogP contribution in [0.3, 0.4) is 0 Å². The average molecular weight is 370 g/mol. The van der Waals surface area contributed by atoms with Gasteiger partial charge in [0, 0.05) is 11.0 Å². The van der Waals surface area contributed by atoms with E-state index in [1.807, 2.05) is 0 Å². The number of fused-ring (bicyclic) bond motifs is 1. The fourth-order valence-electron chi connectivity index (χ4n) is 3.62. The first-order valence-electron chi connectivity index (χ1n) is 9.34. The summed E-state index contributed by atoms with van der Waals surface area (Å²) in [4.78, 5) is 25.8. The lowest BCUT2D eigenvalue weighted by Gasteiger charge is -2.12. The molecule has 3 aliphatic rings. The summed E-state index contributed by atoms with van der Waals surface area (Å²) in [6, 6.07) is 2.20. The first-order chi connectivity index (χ1) is 12.6. The predicted octanol–water partition coefficient (Wildman–Crippen LogP) is 3.73. The normalized spacial score (nSPS) is 19.2. The van der Waals surface area contributed by atoms with Crippen LogP contribution in [0.15, 0.2) is 11.6 Å². The van der Waals surface area contributed by atoms with Crippen LogP contribution in [0, 0.1) is 23.2 Å². The van der Waals surface area contributed by atoms with Gasteiger partial charge in [-0.2, -0.15) is 5.26 Å². The molecule has 1 atom stereocenters. The Bertz CT molecular complexity index is 811. The molecule has 2 saturated carbocycles. The first-order valence-corrected chi connectivity index (χ1v) is 10.2. The number of anilines is 1. The van der Waals surface area contributed by atoms with E-state index >= 15 is 0 Å². The third-order valence-electron chi connectivity index (χ3n) is 5.31. The number of esters is 1. The van der Waals surface area contributed by atoms with E-state index in [1.54, 1.807) is 13.0 Å². The van der Waals surface area contributed by atoms with E-state index in [2.05, 4.69) is 11.4 Å². The minimum absolute atomic E-state index is 0.387. The number of thiophene rings is 1. The van der Waals surface area contributed by atoms with Crippen LogP contribution in [0.5, 0.6) is 0 Å². The Balaban J connectivity index is 1.38. The lowest BCUT2D eigenvalue weighted by atomic mass is 10.1. The maximum absolute atomic E-state index is 12.4. The summed E-state index contributed by atoms with van der Waals surface area (Å²) in [6.07, 6.45) is 8.28. The monoisotopic (exact) mass is 370 g/mol. The quantitative estimate of drug-likeness (QED) is 0.611. The molecule has 5 nitrogen and oxygen atoms in total. The molecule has 6 heteroatoms. The van der Waals surface area contributed by atoms with Gasteiger partial charge in [-0.3, -0.25) is 4.79 Å². The SMILES string of the molecule is C[C@H](OC(=O)C=C(C1CC1)C1CC1)C(=O)Nc1sc2c(c1C#N)CCC2. The Kier molecular flexibility index (Phi) is 4.58. The maximum atomic E-state index is 12.4. The number of carbonyl (C=O) groups excluding carboxylic acids is 2. The van der Waals surface area contributed by atoms with Crippen molar-refractivity contribution < 1.29 is 14.3 Å². The molecule has 0 bridgehead atoms. The molecule has 26 heavy (non-hydrogen) atoms. The maximum Gasteiger partial charge on any atom is 0.331 e. The summed E-state index contributed by atoms with van der Waals surface area (Å²) in [5.74, 6) is 0.273. The Labute approximate surface area is 157 Å². The fourth-order valence-corrected chi connectivity index (χ4v) is 4.87. The number of hydrogen-bond acceptors (Lipinski definition) is 5. The van der Waals surface area contributed by atoms with Gasteiger partial charge in [0.05, 0.1) is 5.56 Å². The summed E-state index contributed by atoms with van der Waals surface area (Å²) < 4.78 is 5.32. The van der Waals surface area contributed by atoms with Gasteiger partial charge in [-0.05, 0) is 69.3 Å². The summed E-state index contributed by atoms with van der Waals surface area (Å²) in [5, 5.41) is 12.8. The molecular formula is C20H22N2O3S. The molecule has 3 aliphatic carbocycles. The highest BCUT2D eigenvalue weighted by molar-refractivity contribution is 7.16. The van der Waals surface area contributed by atoms with E-state index in [1.165, 1.54) is 21.8 Å². The average Bonchev–Trinajstić information content (AvgIpc) is 3.52. The number of amides is 1. The Morgan fingerprint density at radius 1 is 1.27 bits per heavy atom. The van der Waals surface area contributed by atoms with Crippen LogP contribution < -0.4 is 5.32 Å². The van der Waals surface area contributed by atoms with Crippen molar-refractivity contribution in [3.63, 3.8) is 0 Å². The first kappa shape index (κ1) is 17.3. The lowest BCUT2D eigenvalue weighted by Crippen LogP contribution is -2.29. The number of nitriles is 1. The van der Waals surface area contributed by atoms with E-state index in [9.17, 15) is 14.9 Å². The molecule has 1 N–H and O–H groups in total. The molecule has 0 unspecified atom stereocenters. The van der Waals surface area contributed by atoms with Gasteiger partial charge in [-0.1, -0.05) is 5.57 Å². The number of ether oxygens (including phenoxy) is 1. The summed E-state index contributed by atoms with van der Waals surface area (Å²) >= 11 is 1.47. The van der Waals surface area contributed by atoms with E-state index in [0.717, 1.165) is 50.5 Å². The third kappa shape index (κ3) is 3.54. The second-order valence-corrected chi connectivity index (χ2v) is 8.54. The standard InChI is InChI=1S/C20H22N2O3S/c1-11(25-18(23)9-15(12-5-6-12)13-7-8-13)19(24)22-20-16(10-21)14-3-2-4-17(14)26-20/h9,11-13H,2-8H2,1H3,(H,22,24)/t11-/m0/s1. The van der Waals surface area contributed by atoms with Crippen molar-refractivity contribution in [1.29, 1.82) is 5.26 Å². The van der Waals surface area contributed by atoms with Crippen molar-refractivity contribution in [1.82, 2.24) is 0 Å². The number of nitrogens with one attached hydrogen (secondary N) is 1. The van der Waals surface area contributed by atoms with E-state index in [4.69, 9.17) is 4.74 Å². The zero-order chi connectivity index (χ0) is 18.3. The zero-order valence-corrected chi connectivity index (χ0v) is 15.7. The van der Waals surface area contributed by atoms with Crippen LogP contribution in [0.4, 0.5) is 5.00 Å². The lowest BCUT2D eigenvalue weighted by molar-refractivity contribution is -0.148. The van der Waals surface area contributed by atoms with E-state index in [0.29, 0.717) is 22.4 Å². The summed E-state index contributed by atoms with van der Waals surface area (Å²) in [5.41, 5.74) is 2.85. The summed E-state index contributed by atoms with van der Waals surface area (Å²) in [6.45, 7) is 1.57. The molecule has 1 heterocycles. The molecule has 4 rings (SSSR count). The highest BCUT2D eigenvalue weighted by Crippen LogP contribution is 2.48. The van der Waals surface area contributed by atoms with Crippen LogP contribution in [0.2, 0.25) is 0 Å². The van der Waals surface area contributed by atoms with Gasteiger partial charge in [0.15, 0.2) is 6.10 Å². The van der Waals surface area contributed by atoms with Crippen LogP contribution in [0.25, 0.3) is 0 Å². The van der Waals surface area contributed by atoms with E-state index < -0.39 is 12.1 Å². The second-order valence-electron chi connectivity index (χ2n) is 7.43. The molecule has 0 spiro atoms. The van der Waals surface area contributed by atoms with Gasteiger partial charge in [-0.15, -0.1) is 11.3 Å². The number of aryl methyl sites for hydroxylation is 1. The molecule has 2 fully saturated rings. The van der Waals surface area contributed by atoms with Crippen molar-refractivity contribution in [2.75, 3.05) is 5.32 Å². The minimum atomic E-state index is -0.887. The Morgan fingerprint density at radius 2 is 1.96 bits per heavy atom. The molecule has 1 aromatic rings. The highest BCUT2D eigenvalue weighted by Gasteiger charge is 2.37. The van der Waals surface area contributed by atoms with Gasteiger partial charge >= 0.3 is 5.97 Å². The zero-order valence-electron chi connectivity index (χ0n) is 14.8. The summed E-state index contributed by atoms with van der Waals surface area (Å²) in [7, 11) is 0. The van der Waals surface area contributed by atoms with Crippen molar-refractivity contribution in [3.05, 3.63) is 27.7 Å². The topological polar surface area (TPSA) is 79.2 Å². The van der Waals surface area contributed by atoms with Crippen molar-refractivity contribution >= 4 is 28.2 Å². The van der Waals surface area contributed by atoms with Gasteiger partial charge in [-0.25, -0.2) is 4.79 Å². The third-order valence-corrected chi connectivity index (χ3v) is 6.52. The Morgan fingerprint density at radius 3 is 2.58 bits per heavy atom.